The number of anilines is 1. The molecule has 18 heavy (non-hydrogen) atoms. The molecular formula is C13H19N3O2. The maximum atomic E-state index is 11.6. The zero-order valence-electron chi connectivity index (χ0n) is 10.7. The van der Waals surface area contributed by atoms with E-state index in [1.165, 1.54) is 0 Å². The molecule has 0 unspecified atom stereocenters. The lowest BCUT2D eigenvalue weighted by Gasteiger charge is -2.08. The van der Waals surface area contributed by atoms with E-state index in [9.17, 15) is 9.59 Å². The number of nitrogens with one attached hydrogen (secondary N) is 3. The van der Waals surface area contributed by atoms with E-state index in [-0.39, 0.29) is 18.4 Å². The molecule has 0 heterocycles. The predicted octanol–water partition coefficient (Wildman–Crippen LogP) is 0.659. The largest absolute Gasteiger partial charge is 0.359 e. The first-order valence-electron chi connectivity index (χ1n) is 5.90. The fraction of sp³-hybridized carbons (Fsp3) is 0.385. The molecule has 5 heteroatoms. The Kier molecular flexibility index (Phi) is 5.87. The van der Waals surface area contributed by atoms with Crippen molar-refractivity contribution in [2.24, 2.45) is 0 Å². The van der Waals surface area contributed by atoms with Crippen LogP contribution >= 0.6 is 0 Å². The number of rotatable bonds is 6. The van der Waals surface area contributed by atoms with Gasteiger partial charge in [-0.25, -0.2) is 0 Å². The smallest absolute Gasteiger partial charge is 0.238 e. The molecule has 0 aromatic heterocycles. The number of aryl methyl sites for hydroxylation is 1. The first-order chi connectivity index (χ1) is 8.63. The fourth-order valence-corrected chi connectivity index (χ4v) is 1.44. The number of para-hydroxylation sites is 1. The van der Waals surface area contributed by atoms with Crippen LogP contribution in [0, 0.1) is 6.92 Å². The summed E-state index contributed by atoms with van der Waals surface area (Å²) in [5.41, 5.74) is 1.84. The van der Waals surface area contributed by atoms with Gasteiger partial charge in [-0.05, 0) is 18.6 Å². The van der Waals surface area contributed by atoms with Crippen LogP contribution in [0.3, 0.4) is 0 Å². The molecule has 2 amide bonds. The number of carbonyl (C=O) groups excluding carboxylic acids is 2. The van der Waals surface area contributed by atoms with Gasteiger partial charge in [0, 0.05) is 25.7 Å². The number of benzene rings is 1. The maximum Gasteiger partial charge on any atom is 0.238 e. The van der Waals surface area contributed by atoms with Gasteiger partial charge < -0.3 is 16.0 Å². The molecule has 0 saturated heterocycles. The van der Waals surface area contributed by atoms with E-state index in [0.29, 0.717) is 13.0 Å². The maximum absolute atomic E-state index is 11.6. The monoisotopic (exact) mass is 249 g/mol. The van der Waals surface area contributed by atoms with Crippen LogP contribution in [-0.4, -0.2) is 32.0 Å². The highest BCUT2D eigenvalue weighted by molar-refractivity contribution is 5.92. The predicted molar refractivity (Wildman–Crippen MR) is 71.4 cm³/mol. The van der Waals surface area contributed by atoms with Crippen molar-refractivity contribution < 1.29 is 9.59 Å². The fourth-order valence-electron chi connectivity index (χ4n) is 1.44. The lowest BCUT2D eigenvalue weighted by molar-refractivity contribution is -0.121. The second-order valence-corrected chi connectivity index (χ2v) is 3.96. The molecule has 3 N–H and O–H groups in total. The Bertz CT molecular complexity index is 418. The molecule has 0 radical (unpaired) electrons. The van der Waals surface area contributed by atoms with E-state index >= 15 is 0 Å². The van der Waals surface area contributed by atoms with Gasteiger partial charge in [-0.1, -0.05) is 18.2 Å². The van der Waals surface area contributed by atoms with Gasteiger partial charge in [0.1, 0.15) is 0 Å². The Labute approximate surface area is 107 Å². The normalized spacial score (nSPS) is 9.89. The SMILES string of the molecule is CNC(=O)CCNCC(=O)Nc1ccccc1C. The van der Waals surface area contributed by atoms with Gasteiger partial charge in [0.05, 0.1) is 6.54 Å². The topological polar surface area (TPSA) is 70.2 Å². The van der Waals surface area contributed by atoms with Crippen molar-refractivity contribution in [3.63, 3.8) is 0 Å². The molecule has 0 atom stereocenters. The summed E-state index contributed by atoms with van der Waals surface area (Å²) < 4.78 is 0. The molecule has 0 spiro atoms. The van der Waals surface area contributed by atoms with E-state index in [0.717, 1.165) is 11.3 Å². The Morgan fingerprint density at radius 3 is 2.56 bits per heavy atom. The van der Waals surface area contributed by atoms with Gasteiger partial charge in [-0.2, -0.15) is 0 Å². The molecule has 0 fully saturated rings. The van der Waals surface area contributed by atoms with Crippen LogP contribution < -0.4 is 16.0 Å². The number of amides is 2. The minimum Gasteiger partial charge on any atom is -0.359 e. The molecule has 0 saturated carbocycles. The Morgan fingerprint density at radius 1 is 1.17 bits per heavy atom. The van der Waals surface area contributed by atoms with Gasteiger partial charge in [0.25, 0.3) is 0 Å². The molecule has 5 nitrogen and oxygen atoms in total. The number of carbonyl (C=O) groups is 2. The lowest BCUT2D eigenvalue weighted by Crippen LogP contribution is -2.31. The van der Waals surface area contributed by atoms with Crippen molar-refractivity contribution in [3.8, 4) is 0 Å². The van der Waals surface area contributed by atoms with Crippen LogP contribution in [-0.2, 0) is 9.59 Å². The third-order valence-electron chi connectivity index (χ3n) is 2.51. The Morgan fingerprint density at radius 2 is 1.89 bits per heavy atom. The standard InChI is InChI=1S/C13H19N3O2/c1-10-5-3-4-6-11(10)16-13(18)9-15-8-7-12(17)14-2/h3-6,15H,7-9H2,1-2H3,(H,14,17)(H,16,18). The number of hydrogen-bond acceptors (Lipinski definition) is 3. The van der Waals surface area contributed by atoms with Crippen molar-refractivity contribution in [1.29, 1.82) is 0 Å². The van der Waals surface area contributed by atoms with Crippen LogP contribution in [0.2, 0.25) is 0 Å². The first kappa shape index (κ1) is 14.2. The third kappa shape index (κ3) is 4.97. The van der Waals surface area contributed by atoms with Gasteiger partial charge in [-0.15, -0.1) is 0 Å². The van der Waals surface area contributed by atoms with Crippen LogP contribution in [0.5, 0.6) is 0 Å². The lowest BCUT2D eigenvalue weighted by atomic mass is 10.2. The molecular weight excluding hydrogens is 230 g/mol. The van der Waals surface area contributed by atoms with Gasteiger partial charge in [0.15, 0.2) is 0 Å². The van der Waals surface area contributed by atoms with Crippen LogP contribution in [0.4, 0.5) is 5.69 Å². The average Bonchev–Trinajstić information content (AvgIpc) is 2.37. The van der Waals surface area contributed by atoms with Crippen LogP contribution in [0.1, 0.15) is 12.0 Å². The zero-order valence-corrected chi connectivity index (χ0v) is 10.7. The van der Waals surface area contributed by atoms with E-state index in [1.54, 1.807) is 7.05 Å². The highest BCUT2D eigenvalue weighted by Gasteiger charge is 2.04. The number of hydrogen-bond donors (Lipinski definition) is 3. The molecule has 0 aliphatic carbocycles. The van der Waals surface area contributed by atoms with Crippen LogP contribution in [0.25, 0.3) is 0 Å². The molecule has 1 aromatic rings. The summed E-state index contributed by atoms with van der Waals surface area (Å²) in [5.74, 6) is -0.150. The van der Waals surface area contributed by atoms with Crippen LogP contribution in [0.15, 0.2) is 24.3 Å². The highest BCUT2D eigenvalue weighted by Crippen LogP contribution is 2.12. The summed E-state index contributed by atoms with van der Waals surface area (Å²) in [6.45, 7) is 2.63. The summed E-state index contributed by atoms with van der Waals surface area (Å²) in [7, 11) is 1.59. The average molecular weight is 249 g/mol. The molecule has 1 aromatic carbocycles. The summed E-state index contributed by atoms with van der Waals surface area (Å²) in [6.07, 6.45) is 0.369. The highest BCUT2D eigenvalue weighted by atomic mass is 16.2. The summed E-state index contributed by atoms with van der Waals surface area (Å²) in [6, 6.07) is 7.60. The third-order valence-corrected chi connectivity index (χ3v) is 2.51. The van der Waals surface area contributed by atoms with Crippen molar-refractivity contribution in [2.75, 3.05) is 25.5 Å². The van der Waals surface area contributed by atoms with Crippen molar-refractivity contribution >= 4 is 17.5 Å². The summed E-state index contributed by atoms with van der Waals surface area (Å²) in [5, 5.41) is 8.25. The quantitative estimate of drug-likeness (QED) is 0.649. The molecule has 1 rings (SSSR count). The second-order valence-electron chi connectivity index (χ2n) is 3.96. The molecule has 98 valence electrons. The summed E-state index contributed by atoms with van der Waals surface area (Å²) >= 11 is 0. The van der Waals surface area contributed by atoms with Crippen molar-refractivity contribution in [1.82, 2.24) is 10.6 Å². The van der Waals surface area contributed by atoms with Gasteiger partial charge in [-0.3, -0.25) is 9.59 Å². The summed E-state index contributed by atoms with van der Waals surface area (Å²) in [4.78, 5) is 22.5. The Hall–Kier alpha value is -1.88. The Balaban J connectivity index is 2.26. The van der Waals surface area contributed by atoms with Crippen molar-refractivity contribution in [3.05, 3.63) is 29.8 Å². The van der Waals surface area contributed by atoms with Gasteiger partial charge >= 0.3 is 0 Å². The molecule has 0 aliphatic heterocycles. The second kappa shape index (κ2) is 7.45. The van der Waals surface area contributed by atoms with Gasteiger partial charge in [0.2, 0.25) is 11.8 Å². The minimum atomic E-state index is -0.110. The van der Waals surface area contributed by atoms with Crippen molar-refractivity contribution in [2.45, 2.75) is 13.3 Å². The van der Waals surface area contributed by atoms with E-state index < -0.39 is 0 Å². The van der Waals surface area contributed by atoms with E-state index in [4.69, 9.17) is 0 Å². The molecule has 0 aliphatic rings. The molecule has 0 bridgehead atoms. The minimum absolute atomic E-state index is 0.0400. The first-order valence-corrected chi connectivity index (χ1v) is 5.90. The van der Waals surface area contributed by atoms with E-state index in [1.807, 2.05) is 31.2 Å². The van der Waals surface area contributed by atoms with E-state index in [2.05, 4.69) is 16.0 Å². The zero-order chi connectivity index (χ0) is 13.4.